The molecule has 0 bridgehead atoms. The van der Waals surface area contributed by atoms with Gasteiger partial charge in [0.15, 0.2) is 6.61 Å². The second kappa shape index (κ2) is 6.94. The van der Waals surface area contributed by atoms with Crippen LogP contribution in [0.2, 0.25) is 0 Å². The summed E-state index contributed by atoms with van der Waals surface area (Å²) in [5.41, 5.74) is 6.75. The lowest BCUT2D eigenvalue weighted by Crippen LogP contribution is -2.48. The highest BCUT2D eigenvalue weighted by Crippen LogP contribution is 2.35. The molecule has 1 aromatic carbocycles. The third-order valence-electron chi connectivity index (χ3n) is 4.39. The highest BCUT2D eigenvalue weighted by Gasteiger charge is 2.33. The van der Waals surface area contributed by atoms with Crippen molar-refractivity contribution in [1.82, 2.24) is 5.32 Å². The van der Waals surface area contributed by atoms with E-state index in [0.717, 1.165) is 18.4 Å². The third-order valence-corrected chi connectivity index (χ3v) is 4.39. The molecule has 4 heteroatoms. The van der Waals surface area contributed by atoms with E-state index < -0.39 is 0 Å². The molecule has 0 spiro atoms. The zero-order valence-electron chi connectivity index (χ0n) is 13.0. The van der Waals surface area contributed by atoms with Crippen molar-refractivity contribution in [2.75, 3.05) is 6.61 Å². The van der Waals surface area contributed by atoms with Crippen molar-refractivity contribution in [3.8, 4) is 5.75 Å². The van der Waals surface area contributed by atoms with Crippen molar-refractivity contribution < 1.29 is 9.53 Å². The minimum Gasteiger partial charge on any atom is -0.483 e. The number of amides is 1. The molecular formula is C17H26N2O2. The van der Waals surface area contributed by atoms with Crippen LogP contribution in [0.25, 0.3) is 0 Å². The van der Waals surface area contributed by atoms with Crippen LogP contribution in [-0.4, -0.2) is 18.6 Å². The van der Waals surface area contributed by atoms with Gasteiger partial charge >= 0.3 is 0 Å². The molecule has 1 aliphatic carbocycles. The van der Waals surface area contributed by atoms with Gasteiger partial charge in [0, 0.05) is 18.2 Å². The van der Waals surface area contributed by atoms with E-state index in [9.17, 15) is 4.79 Å². The van der Waals surface area contributed by atoms with Gasteiger partial charge in [-0.1, -0.05) is 44.9 Å². The molecule has 1 amide bonds. The number of ether oxygens (including phenoxy) is 1. The Balaban J connectivity index is 1.87. The number of nitrogens with one attached hydrogen (secondary N) is 1. The second-order valence-electron chi connectivity index (χ2n) is 6.45. The molecule has 21 heavy (non-hydrogen) atoms. The smallest absolute Gasteiger partial charge is 0.258 e. The van der Waals surface area contributed by atoms with E-state index in [-0.39, 0.29) is 24.0 Å². The summed E-state index contributed by atoms with van der Waals surface area (Å²) in [7, 11) is 0. The molecule has 4 nitrogen and oxygen atoms in total. The topological polar surface area (TPSA) is 64.3 Å². The van der Waals surface area contributed by atoms with Crippen LogP contribution >= 0.6 is 0 Å². The van der Waals surface area contributed by atoms with Crippen molar-refractivity contribution in [2.45, 2.75) is 52.1 Å². The lowest BCUT2D eigenvalue weighted by Gasteiger charge is -2.39. The van der Waals surface area contributed by atoms with Gasteiger partial charge in [-0.05, 0) is 24.3 Å². The molecule has 0 radical (unpaired) electrons. The average molecular weight is 290 g/mol. The van der Waals surface area contributed by atoms with E-state index in [4.69, 9.17) is 10.5 Å². The second-order valence-corrected chi connectivity index (χ2v) is 6.45. The number of carbonyl (C=O) groups is 1. The van der Waals surface area contributed by atoms with Crippen LogP contribution in [0.3, 0.4) is 0 Å². The largest absolute Gasteiger partial charge is 0.483 e. The molecule has 1 atom stereocenters. The van der Waals surface area contributed by atoms with Crippen LogP contribution in [-0.2, 0) is 11.3 Å². The van der Waals surface area contributed by atoms with Gasteiger partial charge in [0.1, 0.15) is 5.75 Å². The lowest BCUT2D eigenvalue weighted by molar-refractivity contribution is -0.125. The first-order chi connectivity index (χ1) is 10.0. The summed E-state index contributed by atoms with van der Waals surface area (Å²) < 4.78 is 5.61. The van der Waals surface area contributed by atoms with Crippen LogP contribution < -0.4 is 15.8 Å². The number of hydrogen-bond donors (Lipinski definition) is 2. The zero-order valence-corrected chi connectivity index (χ0v) is 13.0. The van der Waals surface area contributed by atoms with E-state index in [0.29, 0.717) is 12.3 Å². The van der Waals surface area contributed by atoms with Crippen LogP contribution in [0.1, 0.15) is 45.1 Å². The molecular weight excluding hydrogens is 264 g/mol. The van der Waals surface area contributed by atoms with Gasteiger partial charge in [0.05, 0.1) is 0 Å². The van der Waals surface area contributed by atoms with E-state index in [1.165, 1.54) is 12.8 Å². The van der Waals surface area contributed by atoms with Gasteiger partial charge in [-0.3, -0.25) is 4.79 Å². The van der Waals surface area contributed by atoms with Gasteiger partial charge < -0.3 is 15.8 Å². The van der Waals surface area contributed by atoms with Crippen LogP contribution in [0, 0.1) is 5.41 Å². The average Bonchev–Trinajstić information content (AvgIpc) is 2.47. The van der Waals surface area contributed by atoms with Crippen molar-refractivity contribution in [2.24, 2.45) is 11.1 Å². The van der Waals surface area contributed by atoms with Gasteiger partial charge in [-0.25, -0.2) is 0 Å². The molecule has 1 unspecified atom stereocenters. The Hall–Kier alpha value is -1.55. The Morgan fingerprint density at radius 1 is 1.38 bits per heavy atom. The minimum atomic E-state index is -0.0539. The fourth-order valence-electron chi connectivity index (χ4n) is 2.95. The summed E-state index contributed by atoms with van der Waals surface area (Å²) in [6, 6.07) is 7.81. The standard InChI is InChI=1S/C17H26N2O2/c1-17(2)10-6-5-9-15(17)19-16(20)12-21-14-8-4-3-7-13(14)11-18/h3-4,7-8,15H,5-6,9-12,18H2,1-2H3,(H,19,20). The predicted molar refractivity (Wildman–Crippen MR) is 84.0 cm³/mol. The summed E-state index contributed by atoms with van der Waals surface area (Å²) in [6.07, 6.45) is 4.65. The quantitative estimate of drug-likeness (QED) is 0.876. The molecule has 116 valence electrons. The number of hydrogen-bond acceptors (Lipinski definition) is 3. The summed E-state index contributed by atoms with van der Waals surface area (Å²) in [5.74, 6) is 0.639. The minimum absolute atomic E-state index is 0.0452. The van der Waals surface area contributed by atoms with Crippen LogP contribution in [0.5, 0.6) is 5.75 Å². The predicted octanol–water partition coefficient (Wildman–Crippen LogP) is 2.61. The third kappa shape index (κ3) is 4.21. The molecule has 1 saturated carbocycles. The maximum Gasteiger partial charge on any atom is 0.258 e. The van der Waals surface area contributed by atoms with Crippen LogP contribution in [0.4, 0.5) is 0 Å². The first-order valence-electron chi connectivity index (χ1n) is 7.73. The van der Waals surface area contributed by atoms with Crippen molar-refractivity contribution in [3.63, 3.8) is 0 Å². The Labute approximate surface area is 127 Å². The molecule has 0 aromatic heterocycles. The molecule has 1 aliphatic rings. The summed E-state index contributed by atoms with van der Waals surface area (Å²) in [4.78, 5) is 12.1. The Kier molecular flexibility index (Phi) is 5.23. The monoisotopic (exact) mass is 290 g/mol. The van der Waals surface area contributed by atoms with Gasteiger partial charge in [0.2, 0.25) is 0 Å². The number of para-hydroxylation sites is 1. The fraction of sp³-hybridized carbons (Fsp3) is 0.588. The lowest BCUT2D eigenvalue weighted by atomic mass is 9.73. The van der Waals surface area contributed by atoms with Crippen molar-refractivity contribution in [1.29, 1.82) is 0 Å². The number of carbonyl (C=O) groups excluding carboxylic acids is 1. The van der Waals surface area contributed by atoms with Crippen molar-refractivity contribution >= 4 is 5.91 Å². The Bertz CT molecular complexity index is 485. The summed E-state index contributed by atoms with van der Waals surface area (Å²) in [6.45, 7) is 4.90. The molecule has 2 rings (SSSR count). The Morgan fingerprint density at radius 2 is 2.14 bits per heavy atom. The Morgan fingerprint density at radius 3 is 2.86 bits per heavy atom. The number of rotatable bonds is 5. The van der Waals surface area contributed by atoms with E-state index >= 15 is 0 Å². The number of nitrogens with two attached hydrogens (primary N) is 1. The number of benzene rings is 1. The highest BCUT2D eigenvalue weighted by molar-refractivity contribution is 5.78. The molecule has 0 heterocycles. The SMILES string of the molecule is CC1(C)CCCCC1NC(=O)COc1ccccc1CN. The summed E-state index contributed by atoms with van der Waals surface area (Å²) >= 11 is 0. The van der Waals surface area contributed by atoms with E-state index in [1.807, 2.05) is 24.3 Å². The van der Waals surface area contributed by atoms with E-state index in [2.05, 4.69) is 19.2 Å². The zero-order chi connectivity index (χ0) is 15.3. The van der Waals surface area contributed by atoms with E-state index in [1.54, 1.807) is 0 Å². The van der Waals surface area contributed by atoms with Gasteiger partial charge in [0.25, 0.3) is 5.91 Å². The molecule has 0 saturated heterocycles. The highest BCUT2D eigenvalue weighted by atomic mass is 16.5. The first-order valence-corrected chi connectivity index (χ1v) is 7.73. The first kappa shape index (κ1) is 15.8. The molecule has 0 aliphatic heterocycles. The maximum absolute atomic E-state index is 12.1. The molecule has 1 fully saturated rings. The summed E-state index contributed by atoms with van der Waals surface area (Å²) in [5, 5.41) is 3.12. The normalized spacial score (nSPS) is 20.8. The van der Waals surface area contributed by atoms with Gasteiger partial charge in [-0.15, -0.1) is 0 Å². The maximum atomic E-state index is 12.1. The fourth-order valence-corrected chi connectivity index (χ4v) is 2.95. The molecule has 3 N–H and O–H groups in total. The van der Waals surface area contributed by atoms with Gasteiger partial charge in [-0.2, -0.15) is 0 Å². The van der Waals surface area contributed by atoms with Crippen LogP contribution in [0.15, 0.2) is 24.3 Å². The molecule has 1 aromatic rings. The van der Waals surface area contributed by atoms with Crippen molar-refractivity contribution in [3.05, 3.63) is 29.8 Å².